The van der Waals surface area contributed by atoms with Crippen LogP contribution in [0.1, 0.15) is 18.4 Å². The Balaban J connectivity index is 1.90. The molecule has 1 unspecified atom stereocenters. The van der Waals surface area contributed by atoms with Crippen LogP contribution in [0.4, 0.5) is 0 Å². The molecule has 1 atom stereocenters. The second-order valence-corrected chi connectivity index (χ2v) is 4.96. The van der Waals surface area contributed by atoms with E-state index in [2.05, 4.69) is 54.2 Å². The van der Waals surface area contributed by atoms with Crippen LogP contribution in [0.3, 0.4) is 0 Å². The molecule has 1 aliphatic rings. The van der Waals surface area contributed by atoms with Crippen molar-refractivity contribution < 1.29 is 0 Å². The maximum atomic E-state index is 2.49. The van der Waals surface area contributed by atoms with Crippen LogP contribution < -0.4 is 0 Å². The van der Waals surface area contributed by atoms with Crippen LogP contribution in [0.2, 0.25) is 0 Å². The fourth-order valence-corrected chi connectivity index (χ4v) is 2.50. The summed E-state index contributed by atoms with van der Waals surface area (Å²) in [4.78, 5) is 4.93. The summed E-state index contributed by atoms with van der Waals surface area (Å²) in [5, 5.41) is 0. The lowest BCUT2D eigenvalue weighted by atomic mass is 10.0. The molecule has 2 heteroatoms. The van der Waals surface area contributed by atoms with Gasteiger partial charge in [-0.05, 0) is 39.0 Å². The Morgan fingerprint density at radius 1 is 1.31 bits per heavy atom. The van der Waals surface area contributed by atoms with E-state index in [0.29, 0.717) is 0 Å². The van der Waals surface area contributed by atoms with Gasteiger partial charge in [0.15, 0.2) is 0 Å². The molecule has 88 valence electrons. The predicted octanol–water partition coefficient (Wildman–Crippen LogP) is 2.21. The minimum absolute atomic E-state index is 0.721. The molecule has 1 aromatic carbocycles. The van der Waals surface area contributed by atoms with Crippen molar-refractivity contribution in [3.63, 3.8) is 0 Å². The first-order valence-electron chi connectivity index (χ1n) is 6.18. The van der Waals surface area contributed by atoms with Gasteiger partial charge in [0.25, 0.3) is 0 Å². The highest BCUT2D eigenvalue weighted by Crippen LogP contribution is 2.15. The average molecular weight is 218 g/mol. The summed E-state index contributed by atoms with van der Waals surface area (Å²) in [6.07, 6.45) is 2.67. The SMILES string of the molecule is CN1CCCC(N(C)Cc2ccccc2)C1. The fraction of sp³-hybridized carbons (Fsp3) is 0.571. The van der Waals surface area contributed by atoms with Crippen molar-refractivity contribution in [3.05, 3.63) is 35.9 Å². The van der Waals surface area contributed by atoms with Crippen LogP contribution in [-0.4, -0.2) is 43.0 Å². The zero-order chi connectivity index (χ0) is 11.4. The van der Waals surface area contributed by atoms with Crippen LogP contribution >= 0.6 is 0 Å². The predicted molar refractivity (Wildman–Crippen MR) is 68.4 cm³/mol. The summed E-state index contributed by atoms with van der Waals surface area (Å²) in [6, 6.07) is 11.5. The number of hydrogen-bond acceptors (Lipinski definition) is 2. The highest BCUT2D eigenvalue weighted by Gasteiger charge is 2.20. The molecular weight excluding hydrogens is 196 g/mol. The molecule has 1 saturated heterocycles. The van der Waals surface area contributed by atoms with Crippen molar-refractivity contribution in [2.75, 3.05) is 27.2 Å². The lowest BCUT2D eigenvalue weighted by Gasteiger charge is -2.35. The van der Waals surface area contributed by atoms with Crippen molar-refractivity contribution in [1.29, 1.82) is 0 Å². The minimum atomic E-state index is 0.721. The van der Waals surface area contributed by atoms with E-state index < -0.39 is 0 Å². The lowest BCUT2D eigenvalue weighted by molar-refractivity contribution is 0.129. The van der Waals surface area contributed by atoms with E-state index in [-0.39, 0.29) is 0 Å². The van der Waals surface area contributed by atoms with Crippen molar-refractivity contribution in [1.82, 2.24) is 9.80 Å². The minimum Gasteiger partial charge on any atom is -0.305 e. The van der Waals surface area contributed by atoms with Crippen LogP contribution in [0.5, 0.6) is 0 Å². The Morgan fingerprint density at radius 2 is 2.06 bits per heavy atom. The molecule has 0 radical (unpaired) electrons. The zero-order valence-electron chi connectivity index (χ0n) is 10.4. The fourth-order valence-electron chi connectivity index (χ4n) is 2.50. The second-order valence-electron chi connectivity index (χ2n) is 4.96. The van der Waals surface area contributed by atoms with Gasteiger partial charge in [-0.3, -0.25) is 4.90 Å². The largest absolute Gasteiger partial charge is 0.305 e. The van der Waals surface area contributed by atoms with E-state index in [1.54, 1.807) is 0 Å². The maximum absolute atomic E-state index is 2.49. The van der Waals surface area contributed by atoms with E-state index >= 15 is 0 Å². The van der Waals surface area contributed by atoms with Gasteiger partial charge >= 0.3 is 0 Å². The van der Waals surface area contributed by atoms with Gasteiger partial charge in [-0.2, -0.15) is 0 Å². The first-order valence-corrected chi connectivity index (χ1v) is 6.18. The molecule has 1 heterocycles. The molecule has 2 nitrogen and oxygen atoms in total. The van der Waals surface area contributed by atoms with Crippen LogP contribution in [0.15, 0.2) is 30.3 Å². The Morgan fingerprint density at radius 3 is 2.75 bits per heavy atom. The van der Waals surface area contributed by atoms with Crippen molar-refractivity contribution in [3.8, 4) is 0 Å². The van der Waals surface area contributed by atoms with Crippen molar-refractivity contribution in [2.24, 2.45) is 0 Å². The Hall–Kier alpha value is -0.860. The standard InChI is InChI=1S/C14H22N2/c1-15-10-6-9-14(12-15)16(2)11-13-7-4-3-5-8-13/h3-5,7-8,14H,6,9-12H2,1-2H3. The number of hydrogen-bond donors (Lipinski definition) is 0. The van der Waals surface area contributed by atoms with E-state index in [9.17, 15) is 0 Å². The number of rotatable bonds is 3. The summed E-state index contributed by atoms with van der Waals surface area (Å²) in [6.45, 7) is 3.54. The number of benzene rings is 1. The van der Waals surface area contributed by atoms with E-state index in [1.807, 2.05) is 0 Å². The van der Waals surface area contributed by atoms with E-state index in [4.69, 9.17) is 0 Å². The molecule has 16 heavy (non-hydrogen) atoms. The molecule has 0 spiro atoms. The molecule has 0 saturated carbocycles. The zero-order valence-corrected chi connectivity index (χ0v) is 10.4. The third-order valence-electron chi connectivity index (χ3n) is 3.50. The molecule has 0 bridgehead atoms. The molecule has 1 aliphatic heterocycles. The molecule has 0 aliphatic carbocycles. The molecule has 0 amide bonds. The number of likely N-dealkylation sites (N-methyl/N-ethyl adjacent to an activating group) is 2. The highest BCUT2D eigenvalue weighted by molar-refractivity contribution is 5.14. The molecular formula is C14H22N2. The van der Waals surface area contributed by atoms with Gasteiger partial charge in [-0.25, -0.2) is 0 Å². The third-order valence-corrected chi connectivity index (χ3v) is 3.50. The number of piperidine rings is 1. The summed E-state index contributed by atoms with van der Waals surface area (Å²) in [7, 11) is 4.47. The van der Waals surface area contributed by atoms with E-state index in [1.165, 1.54) is 31.5 Å². The summed E-state index contributed by atoms with van der Waals surface area (Å²) < 4.78 is 0. The molecule has 0 N–H and O–H groups in total. The Bertz CT molecular complexity index is 310. The van der Waals surface area contributed by atoms with Crippen LogP contribution in [0, 0.1) is 0 Å². The average Bonchev–Trinajstić information content (AvgIpc) is 2.30. The van der Waals surface area contributed by atoms with Gasteiger partial charge in [0, 0.05) is 19.1 Å². The molecule has 1 fully saturated rings. The van der Waals surface area contributed by atoms with Gasteiger partial charge in [0.1, 0.15) is 0 Å². The monoisotopic (exact) mass is 218 g/mol. The number of nitrogens with zero attached hydrogens (tertiary/aromatic N) is 2. The first kappa shape index (κ1) is 11.6. The highest BCUT2D eigenvalue weighted by atomic mass is 15.2. The maximum Gasteiger partial charge on any atom is 0.0234 e. The number of likely N-dealkylation sites (tertiary alicyclic amines) is 1. The van der Waals surface area contributed by atoms with Crippen molar-refractivity contribution >= 4 is 0 Å². The van der Waals surface area contributed by atoms with Gasteiger partial charge in [-0.15, -0.1) is 0 Å². The topological polar surface area (TPSA) is 6.48 Å². The van der Waals surface area contributed by atoms with Crippen LogP contribution in [-0.2, 0) is 6.54 Å². The first-order chi connectivity index (χ1) is 7.75. The second kappa shape index (κ2) is 5.46. The van der Waals surface area contributed by atoms with Gasteiger partial charge in [0.2, 0.25) is 0 Å². The Labute approximate surface area is 98.9 Å². The van der Waals surface area contributed by atoms with Gasteiger partial charge in [-0.1, -0.05) is 30.3 Å². The summed E-state index contributed by atoms with van der Waals surface area (Å²) >= 11 is 0. The van der Waals surface area contributed by atoms with Crippen molar-refractivity contribution in [2.45, 2.75) is 25.4 Å². The normalized spacial score (nSPS) is 22.6. The molecule has 0 aromatic heterocycles. The third kappa shape index (κ3) is 3.06. The lowest BCUT2D eigenvalue weighted by Crippen LogP contribution is -2.44. The molecule has 1 aromatic rings. The van der Waals surface area contributed by atoms with Gasteiger partial charge < -0.3 is 4.90 Å². The summed E-state index contributed by atoms with van der Waals surface area (Å²) in [5.41, 5.74) is 1.42. The van der Waals surface area contributed by atoms with E-state index in [0.717, 1.165) is 12.6 Å². The van der Waals surface area contributed by atoms with Gasteiger partial charge in [0.05, 0.1) is 0 Å². The molecule has 2 rings (SSSR count). The van der Waals surface area contributed by atoms with Crippen LogP contribution in [0.25, 0.3) is 0 Å². The summed E-state index contributed by atoms with van der Waals surface area (Å²) in [5.74, 6) is 0. The quantitative estimate of drug-likeness (QED) is 0.767. The Kier molecular flexibility index (Phi) is 3.97. The smallest absolute Gasteiger partial charge is 0.0234 e.